The largest absolute Gasteiger partial charge is 0.361 e. The van der Waals surface area contributed by atoms with Gasteiger partial charge in [0.2, 0.25) is 0 Å². The van der Waals surface area contributed by atoms with Gasteiger partial charge in [0.15, 0.2) is 5.11 Å². The second-order valence-corrected chi connectivity index (χ2v) is 5.47. The number of nitrogens with one attached hydrogen (secondary N) is 2. The topological polar surface area (TPSA) is 24.1 Å². The number of hydrogen-bond donors (Lipinski definition) is 2. The van der Waals surface area contributed by atoms with Crippen molar-refractivity contribution >= 4 is 28.1 Å². The van der Waals surface area contributed by atoms with Crippen molar-refractivity contribution in [2.24, 2.45) is 0 Å². The fourth-order valence-electron chi connectivity index (χ4n) is 2.21. The van der Waals surface area contributed by atoms with Gasteiger partial charge < -0.3 is 10.6 Å². The van der Waals surface area contributed by atoms with Crippen LogP contribution in [0.15, 0.2) is 42.5 Å². The maximum Gasteiger partial charge on any atom is 0.166 e. The zero-order chi connectivity index (χ0) is 13.8. The van der Waals surface area contributed by atoms with E-state index in [1.165, 1.54) is 16.3 Å². The Labute approximate surface area is 120 Å². The van der Waals surface area contributed by atoms with Crippen LogP contribution in [0.2, 0.25) is 0 Å². The molecule has 2 rings (SSSR count). The lowest BCUT2D eigenvalue weighted by Crippen LogP contribution is -2.40. The van der Waals surface area contributed by atoms with Gasteiger partial charge in [-0.05, 0) is 49.3 Å². The van der Waals surface area contributed by atoms with Gasteiger partial charge in [0.1, 0.15) is 0 Å². The maximum atomic E-state index is 5.31. The van der Waals surface area contributed by atoms with Gasteiger partial charge in [-0.25, -0.2) is 0 Å². The van der Waals surface area contributed by atoms with Crippen LogP contribution in [0.5, 0.6) is 0 Å². The molecule has 2 nitrogen and oxygen atoms in total. The van der Waals surface area contributed by atoms with E-state index in [0.717, 1.165) is 0 Å². The lowest BCUT2D eigenvalue weighted by molar-refractivity contribution is 0.666. The number of rotatable bonds is 3. The summed E-state index contributed by atoms with van der Waals surface area (Å²) < 4.78 is 0. The molecule has 2 aromatic rings. The van der Waals surface area contributed by atoms with Crippen LogP contribution in [-0.2, 0) is 0 Å². The van der Waals surface area contributed by atoms with E-state index in [9.17, 15) is 0 Å². The Hall–Kier alpha value is -1.61. The minimum absolute atomic E-state index is 0.185. The summed E-state index contributed by atoms with van der Waals surface area (Å²) >= 11 is 5.31. The van der Waals surface area contributed by atoms with Crippen molar-refractivity contribution in [1.82, 2.24) is 10.6 Å². The van der Waals surface area contributed by atoms with Gasteiger partial charge >= 0.3 is 0 Å². The molecule has 0 aliphatic rings. The lowest BCUT2D eigenvalue weighted by atomic mass is 10.00. The van der Waals surface area contributed by atoms with Gasteiger partial charge in [0.25, 0.3) is 0 Å². The van der Waals surface area contributed by atoms with Gasteiger partial charge in [0, 0.05) is 6.04 Å². The number of benzene rings is 2. The first-order valence-corrected chi connectivity index (χ1v) is 7.03. The van der Waals surface area contributed by atoms with Crippen molar-refractivity contribution in [3.63, 3.8) is 0 Å². The van der Waals surface area contributed by atoms with E-state index < -0.39 is 0 Å². The number of thiocarbonyl (C=S) groups is 1. The summed E-state index contributed by atoms with van der Waals surface area (Å²) in [7, 11) is 0. The zero-order valence-corrected chi connectivity index (χ0v) is 12.4. The van der Waals surface area contributed by atoms with Gasteiger partial charge in [-0.15, -0.1) is 0 Å². The Morgan fingerprint density at radius 3 is 2.37 bits per heavy atom. The SMILES string of the molecule is CC(C)NC(=S)NC(C)c1cccc2ccccc12. The zero-order valence-electron chi connectivity index (χ0n) is 11.6. The second kappa shape index (κ2) is 6.02. The summed E-state index contributed by atoms with van der Waals surface area (Å²) in [5.41, 5.74) is 1.27. The van der Waals surface area contributed by atoms with E-state index in [4.69, 9.17) is 12.2 Å². The Morgan fingerprint density at radius 2 is 1.63 bits per heavy atom. The first-order chi connectivity index (χ1) is 9.08. The quantitative estimate of drug-likeness (QED) is 0.832. The average Bonchev–Trinajstić information content (AvgIpc) is 2.36. The van der Waals surface area contributed by atoms with E-state index in [1.54, 1.807) is 0 Å². The summed E-state index contributed by atoms with van der Waals surface area (Å²) in [6, 6.07) is 15.3. The predicted molar refractivity (Wildman–Crippen MR) is 86.4 cm³/mol. The fraction of sp³-hybridized carbons (Fsp3) is 0.312. The Morgan fingerprint density at radius 1 is 0.947 bits per heavy atom. The minimum atomic E-state index is 0.185. The highest BCUT2D eigenvalue weighted by molar-refractivity contribution is 7.80. The van der Waals surface area contributed by atoms with Crippen molar-refractivity contribution in [2.45, 2.75) is 32.9 Å². The third-order valence-electron chi connectivity index (χ3n) is 3.06. The maximum absolute atomic E-state index is 5.31. The molecule has 2 N–H and O–H groups in total. The smallest absolute Gasteiger partial charge is 0.166 e. The summed E-state index contributed by atoms with van der Waals surface area (Å²) in [6.07, 6.45) is 0. The van der Waals surface area contributed by atoms with Crippen molar-refractivity contribution < 1.29 is 0 Å². The standard InChI is InChI=1S/C16H20N2S/c1-11(2)17-16(19)18-12(3)14-10-6-8-13-7-4-5-9-15(13)14/h4-12H,1-3H3,(H2,17,18,19). The highest BCUT2D eigenvalue weighted by Gasteiger charge is 2.10. The molecule has 19 heavy (non-hydrogen) atoms. The Balaban J connectivity index is 2.22. The molecule has 0 radical (unpaired) electrons. The van der Waals surface area contributed by atoms with E-state index in [-0.39, 0.29) is 6.04 Å². The second-order valence-electron chi connectivity index (χ2n) is 5.06. The number of fused-ring (bicyclic) bond motifs is 1. The molecule has 3 heteroatoms. The number of hydrogen-bond acceptors (Lipinski definition) is 1. The highest BCUT2D eigenvalue weighted by atomic mass is 32.1. The van der Waals surface area contributed by atoms with E-state index in [1.807, 2.05) is 0 Å². The van der Waals surface area contributed by atoms with Crippen LogP contribution in [0.1, 0.15) is 32.4 Å². The molecule has 1 unspecified atom stereocenters. The highest BCUT2D eigenvalue weighted by Crippen LogP contribution is 2.23. The van der Waals surface area contributed by atoms with Crippen molar-refractivity contribution in [2.75, 3.05) is 0 Å². The molecule has 0 heterocycles. The van der Waals surface area contributed by atoms with E-state index in [2.05, 4.69) is 73.9 Å². The van der Waals surface area contributed by atoms with Crippen LogP contribution in [-0.4, -0.2) is 11.2 Å². The van der Waals surface area contributed by atoms with Gasteiger partial charge in [-0.3, -0.25) is 0 Å². The van der Waals surface area contributed by atoms with Crippen molar-refractivity contribution in [3.8, 4) is 0 Å². The molecule has 0 bridgehead atoms. The van der Waals surface area contributed by atoms with Crippen LogP contribution >= 0.6 is 12.2 Å². The normalized spacial score (nSPS) is 12.4. The molecule has 100 valence electrons. The molecule has 0 amide bonds. The molecule has 0 saturated heterocycles. The predicted octanol–water partition coefficient (Wildman–Crippen LogP) is 3.77. The first kappa shape index (κ1) is 13.8. The van der Waals surface area contributed by atoms with Gasteiger partial charge in [-0.2, -0.15) is 0 Å². The average molecular weight is 272 g/mol. The van der Waals surface area contributed by atoms with Crippen LogP contribution in [0, 0.1) is 0 Å². The van der Waals surface area contributed by atoms with Crippen LogP contribution < -0.4 is 10.6 Å². The summed E-state index contributed by atoms with van der Waals surface area (Å²) in [5, 5.41) is 9.79. The monoisotopic (exact) mass is 272 g/mol. The molecular weight excluding hydrogens is 252 g/mol. The van der Waals surface area contributed by atoms with E-state index >= 15 is 0 Å². The Kier molecular flexibility index (Phi) is 4.38. The van der Waals surface area contributed by atoms with Crippen LogP contribution in [0.4, 0.5) is 0 Å². The molecule has 0 fully saturated rings. The van der Waals surface area contributed by atoms with Gasteiger partial charge in [-0.1, -0.05) is 42.5 Å². The minimum Gasteiger partial charge on any atom is -0.361 e. The van der Waals surface area contributed by atoms with Crippen molar-refractivity contribution in [1.29, 1.82) is 0 Å². The molecule has 0 spiro atoms. The molecule has 0 aliphatic carbocycles. The first-order valence-electron chi connectivity index (χ1n) is 6.62. The molecule has 0 aliphatic heterocycles. The Bertz CT molecular complexity index is 572. The third-order valence-corrected chi connectivity index (χ3v) is 3.29. The molecule has 1 atom stereocenters. The molecule has 0 aromatic heterocycles. The fourth-order valence-corrected chi connectivity index (χ4v) is 2.62. The molecular formula is C16H20N2S. The lowest BCUT2D eigenvalue weighted by Gasteiger charge is -2.20. The molecule has 0 saturated carbocycles. The van der Waals surface area contributed by atoms with Gasteiger partial charge in [0.05, 0.1) is 6.04 Å². The summed E-state index contributed by atoms with van der Waals surface area (Å²) in [6.45, 7) is 6.29. The molecule has 2 aromatic carbocycles. The third kappa shape index (κ3) is 3.44. The van der Waals surface area contributed by atoms with Crippen LogP contribution in [0.3, 0.4) is 0 Å². The summed E-state index contributed by atoms with van der Waals surface area (Å²) in [5.74, 6) is 0. The van der Waals surface area contributed by atoms with E-state index in [0.29, 0.717) is 11.2 Å². The summed E-state index contributed by atoms with van der Waals surface area (Å²) in [4.78, 5) is 0. The van der Waals surface area contributed by atoms with Crippen LogP contribution in [0.25, 0.3) is 10.8 Å². The van der Waals surface area contributed by atoms with Crippen molar-refractivity contribution in [3.05, 3.63) is 48.0 Å².